The molecular weight excluding hydrogens is 289 g/mol. The normalized spacial score (nSPS) is 18.4. The maximum atomic E-state index is 12.3. The highest BCUT2D eigenvalue weighted by Crippen LogP contribution is 2.32. The van der Waals surface area contributed by atoms with Gasteiger partial charge in [-0.25, -0.2) is 0 Å². The summed E-state index contributed by atoms with van der Waals surface area (Å²) in [5.74, 6) is 0. The van der Waals surface area contributed by atoms with E-state index in [-0.39, 0.29) is 17.8 Å². The van der Waals surface area contributed by atoms with Gasteiger partial charge in [-0.3, -0.25) is 0 Å². The zero-order valence-corrected chi connectivity index (χ0v) is 12.0. The fraction of sp³-hybridized carbons (Fsp3) is 0.571. The third kappa shape index (κ3) is 4.65. The second-order valence-corrected chi connectivity index (χ2v) is 5.12. The van der Waals surface area contributed by atoms with Crippen molar-refractivity contribution in [3.05, 3.63) is 35.9 Å². The number of piperidine rings is 1. The fourth-order valence-electron chi connectivity index (χ4n) is 2.71. The SMILES string of the molecule is Cl.FC(F)(F)CNCC1(c2ccccc2)CCNCC1. The molecule has 0 radical (unpaired) electrons. The van der Waals surface area contributed by atoms with E-state index in [1.54, 1.807) is 0 Å². The average Bonchev–Trinajstić information content (AvgIpc) is 2.39. The number of alkyl halides is 3. The maximum Gasteiger partial charge on any atom is 0.401 e. The first-order chi connectivity index (χ1) is 9.02. The van der Waals surface area contributed by atoms with Crippen LogP contribution in [-0.2, 0) is 5.41 Å². The van der Waals surface area contributed by atoms with E-state index in [9.17, 15) is 13.2 Å². The number of nitrogens with one attached hydrogen (secondary N) is 2. The number of rotatable bonds is 4. The predicted molar refractivity (Wildman–Crippen MR) is 76.4 cm³/mol. The standard InChI is InChI=1S/C14H19F3N2.ClH/c15-14(16,17)11-19-10-13(6-8-18-9-7-13)12-4-2-1-3-5-12;/h1-5,18-19H,6-11H2;1H. The second kappa shape index (κ2) is 7.29. The molecule has 2 N–H and O–H groups in total. The topological polar surface area (TPSA) is 24.1 Å². The summed E-state index contributed by atoms with van der Waals surface area (Å²) in [6.45, 7) is 1.15. The van der Waals surface area contributed by atoms with Gasteiger partial charge in [-0.15, -0.1) is 12.4 Å². The molecule has 1 aliphatic rings. The average molecular weight is 309 g/mol. The molecule has 1 aromatic rings. The van der Waals surface area contributed by atoms with Gasteiger partial charge in [0.25, 0.3) is 0 Å². The lowest BCUT2D eigenvalue weighted by Gasteiger charge is -2.38. The molecule has 1 aromatic carbocycles. The van der Waals surface area contributed by atoms with Crippen molar-refractivity contribution in [1.82, 2.24) is 10.6 Å². The van der Waals surface area contributed by atoms with Crippen LogP contribution in [0.3, 0.4) is 0 Å². The van der Waals surface area contributed by atoms with Crippen LogP contribution in [0.4, 0.5) is 13.2 Å². The Morgan fingerprint density at radius 1 is 1.10 bits per heavy atom. The molecule has 0 atom stereocenters. The van der Waals surface area contributed by atoms with E-state index >= 15 is 0 Å². The molecule has 6 heteroatoms. The van der Waals surface area contributed by atoms with Gasteiger partial charge < -0.3 is 10.6 Å². The summed E-state index contributed by atoms with van der Waals surface area (Å²) < 4.78 is 36.8. The van der Waals surface area contributed by atoms with Crippen molar-refractivity contribution in [3.63, 3.8) is 0 Å². The number of hydrogen-bond donors (Lipinski definition) is 2. The Hall–Kier alpha value is -0.780. The minimum Gasteiger partial charge on any atom is -0.317 e. The molecule has 1 heterocycles. The van der Waals surface area contributed by atoms with E-state index < -0.39 is 12.7 Å². The van der Waals surface area contributed by atoms with Gasteiger partial charge in [-0.05, 0) is 31.5 Å². The van der Waals surface area contributed by atoms with Gasteiger partial charge in [-0.1, -0.05) is 30.3 Å². The Bertz CT molecular complexity index is 389. The van der Waals surface area contributed by atoms with Crippen LogP contribution in [-0.4, -0.2) is 32.4 Å². The van der Waals surface area contributed by atoms with Crippen LogP contribution >= 0.6 is 12.4 Å². The first-order valence-electron chi connectivity index (χ1n) is 6.56. The molecular formula is C14H20ClF3N2. The zero-order chi connectivity index (χ0) is 13.8. The summed E-state index contributed by atoms with van der Waals surface area (Å²) in [4.78, 5) is 0. The summed E-state index contributed by atoms with van der Waals surface area (Å²) in [5.41, 5.74) is 0.948. The van der Waals surface area contributed by atoms with E-state index in [2.05, 4.69) is 10.6 Å². The van der Waals surface area contributed by atoms with Gasteiger partial charge in [0.15, 0.2) is 0 Å². The molecule has 0 saturated carbocycles. The van der Waals surface area contributed by atoms with Gasteiger partial charge in [0.1, 0.15) is 0 Å². The predicted octanol–water partition coefficient (Wildman–Crippen LogP) is 2.88. The minimum atomic E-state index is -4.15. The quantitative estimate of drug-likeness (QED) is 0.894. The van der Waals surface area contributed by atoms with Crippen LogP contribution in [0.1, 0.15) is 18.4 Å². The number of hydrogen-bond acceptors (Lipinski definition) is 2. The van der Waals surface area contributed by atoms with Gasteiger partial charge in [0.2, 0.25) is 0 Å². The third-order valence-electron chi connectivity index (χ3n) is 3.74. The molecule has 2 rings (SSSR count). The molecule has 1 saturated heterocycles. The summed E-state index contributed by atoms with van der Waals surface area (Å²) in [7, 11) is 0. The molecule has 114 valence electrons. The molecule has 0 unspecified atom stereocenters. The first kappa shape index (κ1) is 17.3. The monoisotopic (exact) mass is 308 g/mol. The molecule has 1 fully saturated rings. The molecule has 0 spiro atoms. The summed E-state index contributed by atoms with van der Waals surface area (Å²) in [6, 6.07) is 9.86. The van der Waals surface area contributed by atoms with E-state index in [1.165, 1.54) is 0 Å². The lowest BCUT2D eigenvalue weighted by molar-refractivity contribution is -0.125. The summed E-state index contributed by atoms with van der Waals surface area (Å²) in [5, 5.41) is 5.85. The van der Waals surface area contributed by atoms with Gasteiger partial charge in [0.05, 0.1) is 6.54 Å². The lowest BCUT2D eigenvalue weighted by Crippen LogP contribution is -2.47. The van der Waals surface area contributed by atoms with Crippen molar-refractivity contribution in [2.75, 3.05) is 26.2 Å². The molecule has 0 aromatic heterocycles. The van der Waals surface area contributed by atoms with Crippen molar-refractivity contribution < 1.29 is 13.2 Å². The highest BCUT2D eigenvalue weighted by atomic mass is 35.5. The van der Waals surface area contributed by atoms with Gasteiger partial charge in [0, 0.05) is 12.0 Å². The Balaban J connectivity index is 0.00000200. The summed E-state index contributed by atoms with van der Waals surface area (Å²) in [6.07, 6.45) is -2.42. The maximum absolute atomic E-state index is 12.3. The number of benzene rings is 1. The largest absolute Gasteiger partial charge is 0.401 e. The van der Waals surface area contributed by atoms with Crippen molar-refractivity contribution in [1.29, 1.82) is 0 Å². The van der Waals surface area contributed by atoms with Crippen LogP contribution < -0.4 is 10.6 Å². The van der Waals surface area contributed by atoms with Crippen molar-refractivity contribution in [3.8, 4) is 0 Å². The molecule has 0 amide bonds. The molecule has 0 bridgehead atoms. The van der Waals surface area contributed by atoms with Crippen molar-refractivity contribution in [2.24, 2.45) is 0 Å². The van der Waals surface area contributed by atoms with Crippen molar-refractivity contribution >= 4 is 12.4 Å². The van der Waals surface area contributed by atoms with E-state index in [0.717, 1.165) is 31.5 Å². The Morgan fingerprint density at radius 3 is 2.25 bits per heavy atom. The van der Waals surface area contributed by atoms with Gasteiger partial charge in [-0.2, -0.15) is 13.2 Å². The fourth-order valence-corrected chi connectivity index (χ4v) is 2.71. The second-order valence-electron chi connectivity index (χ2n) is 5.12. The zero-order valence-electron chi connectivity index (χ0n) is 11.2. The van der Waals surface area contributed by atoms with Gasteiger partial charge >= 0.3 is 6.18 Å². The molecule has 1 aliphatic heterocycles. The van der Waals surface area contributed by atoms with Crippen LogP contribution in [0.5, 0.6) is 0 Å². The third-order valence-corrected chi connectivity index (χ3v) is 3.74. The molecule has 2 nitrogen and oxygen atoms in total. The molecule has 0 aliphatic carbocycles. The van der Waals surface area contributed by atoms with E-state index in [0.29, 0.717) is 6.54 Å². The first-order valence-corrected chi connectivity index (χ1v) is 6.56. The number of halogens is 4. The lowest BCUT2D eigenvalue weighted by atomic mass is 9.73. The van der Waals surface area contributed by atoms with E-state index in [1.807, 2.05) is 30.3 Å². The summed E-state index contributed by atoms with van der Waals surface area (Å²) >= 11 is 0. The van der Waals surface area contributed by atoms with Crippen LogP contribution in [0, 0.1) is 0 Å². The Labute approximate surface area is 123 Å². The van der Waals surface area contributed by atoms with Crippen LogP contribution in [0.15, 0.2) is 30.3 Å². The Kier molecular flexibility index (Phi) is 6.30. The minimum absolute atomic E-state index is 0. The highest BCUT2D eigenvalue weighted by molar-refractivity contribution is 5.85. The highest BCUT2D eigenvalue weighted by Gasteiger charge is 2.35. The Morgan fingerprint density at radius 2 is 1.70 bits per heavy atom. The van der Waals surface area contributed by atoms with E-state index in [4.69, 9.17) is 0 Å². The smallest absolute Gasteiger partial charge is 0.317 e. The molecule has 20 heavy (non-hydrogen) atoms. The van der Waals surface area contributed by atoms with Crippen molar-refractivity contribution in [2.45, 2.75) is 24.4 Å². The van der Waals surface area contributed by atoms with Crippen LogP contribution in [0.2, 0.25) is 0 Å². The van der Waals surface area contributed by atoms with Crippen LogP contribution in [0.25, 0.3) is 0 Å².